The van der Waals surface area contributed by atoms with Crippen LogP contribution in [0.15, 0.2) is 42.0 Å². The molecule has 1 aromatic carbocycles. The molecule has 22 heavy (non-hydrogen) atoms. The Morgan fingerprint density at radius 2 is 1.59 bits per heavy atom. The molecular weight excluding hydrogens is 282 g/mol. The highest BCUT2D eigenvalue weighted by atomic mass is 16.2. The van der Waals surface area contributed by atoms with Gasteiger partial charge in [-0.15, -0.1) is 0 Å². The van der Waals surface area contributed by atoms with Crippen LogP contribution >= 0.6 is 0 Å². The third-order valence-electron chi connectivity index (χ3n) is 3.03. The Hall–Kier alpha value is -2.63. The summed E-state index contributed by atoms with van der Waals surface area (Å²) in [5, 5.41) is 0. The highest BCUT2D eigenvalue weighted by molar-refractivity contribution is 5.94. The number of rotatable bonds is 8. The Bertz CT molecular complexity index is 551. The van der Waals surface area contributed by atoms with Crippen molar-refractivity contribution in [2.45, 2.75) is 19.8 Å². The van der Waals surface area contributed by atoms with Crippen LogP contribution in [0.4, 0.5) is 0 Å². The van der Waals surface area contributed by atoms with Crippen molar-refractivity contribution in [1.29, 1.82) is 0 Å². The third kappa shape index (κ3) is 6.69. The molecule has 0 saturated heterocycles. The molecule has 4 N–H and O–H groups in total. The van der Waals surface area contributed by atoms with Crippen molar-refractivity contribution in [3.05, 3.63) is 47.5 Å². The van der Waals surface area contributed by atoms with Gasteiger partial charge in [-0.05, 0) is 25.3 Å². The van der Waals surface area contributed by atoms with Crippen molar-refractivity contribution in [1.82, 2.24) is 4.90 Å². The summed E-state index contributed by atoms with van der Waals surface area (Å²) in [7, 11) is 0. The molecule has 3 amide bonds. The molecule has 6 heteroatoms. The second-order valence-electron chi connectivity index (χ2n) is 5.10. The van der Waals surface area contributed by atoms with Crippen LogP contribution in [0.5, 0.6) is 0 Å². The summed E-state index contributed by atoms with van der Waals surface area (Å²) in [6.07, 6.45) is 2.92. The largest absolute Gasteiger partial charge is 0.368 e. The van der Waals surface area contributed by atoms with E-state index in [1.54, 1.807) is 0 Å². The van der Waals surface area contributed by atoms with Gasteiger partial charge in [0.05, 0.1) is 0 Å². The van der Waals surface area contributed by atoms with Gasteiger partial charge >= 0.3 is 0 Å². The number of nitrogens with two attached hydrogens (primary N) is 2. The maximum atomic E-state index is 12.1. The van der Waals surface area contributed by atoms with Gasteiger partial charge in [0, 0.05) is 6.08 Å². The van der Waals surface area contributed by atoms with Crippen LogP contribution in [0.3, 0.4) is 0 Å². The van der Waals surface area contributed by atoms with Crippen molar-refractivity contribution in [3.63, 3.8) is 0 Å². The van der Waals surface area contributed by atoms with E-state index in [0.29, 0.717) is 6.42 Å². The number of hydrogen-bond acceptors (Lipinski definition) is 3. The first-order valence-corrected chi connectivity index (χ1v) is 6.95. The van der Waals surface area contributed by atoms with E-state index in [2.05, 4.69) is 0 Å². The second-order valence-corrected chi connectivity index (χ2v) is 5.10. The maximum absolute atomic E-state index is 12.1. The molecule has 0 heterocycles. The molecule has 118 valence electrons. The lowest BCUT2D eigenvalue weighted by Gasteiger charge is -2.17. The van der Waals surface area contributed by atoms with E-state index < -0.39 is 17.7 Å². The van der Waals surface area contributed by atoms with E-state index in [1.807, 2.05) is 37.3 Å². The number of benzene rings is 1. The average molecular weight is 303 g/mol. The molecule has 0 fully saturated rings. The number of carbonyl (C=O) groups excluding carboxylic acids is 3. The summed E-state index contributed by atoms with van der Waals surface area (Å²) >= 11 is 0. The highest BCUT2D eigenvalue weighted by Crippen LogP contribution is 2.09. The number of allylic oxidation sites excluding steroid dienone is 1. The van der Waals surface area contributed by atoms with Crippen LogP contribution in [0.25, 0.3) is 0 Å². The van der Waals surface area contributed by atoms with Crippen LogP contribution in [-0.2, 0) is 20.8 Å². The number of hydrogen-bond donors (Lipinski definition) is 2. The Morgan fingerprint density at radius 1 is 1.05 bits per heavy atom. The quantitative estimate of drug-likeness (QED) is 0.677. The molecule has 0 saturated carbocycles. The molecule has 0 spiro atoms. The molecule has 0 aliphatic heterocycles. The molecule has 0 aromatic heterocycles. The van der Waals surface area contributed by atoms with E-state index in [1.165, 1.54) is 11.6 Å². The smallest absolute Gasteiger partial charge is 0.247 e. The third-order valence-corrected chi connectivity index (χ3v) is 3.03. The van der Waals surface area contributed by atoms with Crippen molar-refractivity contribution in [3.8, 4) is 0 Å². The summed E-state index contributed by atoms with van der Waals surface area (Å²) in [5.41, 5.74) is 12.2. The molecule has 1 rings (SSSR count). The molecule has 1 aromatic rings. The average Bonchev–Trinajstić information content (AvgIpc) is 2.44. The van der Waals surface area contributed by atoms with Gasteiger partial charge in [-0.2, -0.15) is 0 Å². The van der Waals surface area contributed by atoms with Crippen LogP contribution in [0.1, 0.15) is 18.9 Å². The minimum Gasteiger partial charge on any atom is -0.368 e. The molecule has 0 bridgehead atoms. The lowest BCUT2D eigenvalue weighted by Crippen LogP contribution is -2.42. The summed E-state index contributed by atoms with van der Waals surface area (Å²) in [5.74, 6) is -1.82. The molecule has 0 unspecified atom stereocenters. The van der Waals surface area contributed by atoms with Crippen LogP contribution < -0.4 is 11.5 Å². The van der Waals surface area contributed by atoms with Gasteiger partial charge in [0.15, 0.2) is 0 Å². The number of aryl methyl sites for hydroxylation is 1. The fourth-order valence-corrected chi connectivity index (χ4v) is 1.95. The minimum absolute atomic E-state index is 0.329. The first-order chi connectivity index (χ1) is 10.4. The summed E-state index contributed by atoms with van der Waals surface area (Å²) in [4.78, 5) is 35.0. The van der Waals surface area contributed by atoms with E-state index in [9.17, 15) is 14.4 Å². The Morgan fingerprint density at radius 3 is 2.09 bits per heavy atom. The van der Waals surface area contributed by atoms with E-state index >= 15 is 0 Å². The normalized spacial score (nSPS) is 11.0. The van der Waals surface area contributed by atoms with E-state index in [4.69, 9.17) is 11.5 Å². The molecule has 0 radical (unpaired) electrons. The number of carbonyl (C=O) groups is 3. The van der Waals surface area contributed by atoms with Gasteiger partial charge in [-0.1, -0.05) is 35.9 Å². The summed E-state index contributed by atoms with van der Waals surface area (Å²) in [6.45, 7) is 1.17. The molecule has 0 aliphatic rings. The number of amides is 3. The zero-order chi connectivity index (χ0) is 16.5. The van der Waals surface area contributed by atoms with Gasteiger partial charge in [0.25, 0.3) is 0 Å². The van der Waals surface area contributed by atoms with Crippen LogP contribution in [0, 0.1) is 0 Å². The van der Waals surface area contributed by atoms with E-state index in [0.717, 1.165) is 16.9 Å². The molecule has 0 aliphatic carbocycles. The van der Waals surface area contributed by atoms with Crippen molar-refractivity contribution in [2.75, 3.05) is 13.1 Å². The number of nitrogens with zero attached hydrogens (tertiary/aromatic N) is 1. The van der Waals surface area contributed by atoms with Crippen LogP contribution in [-0.4, -0.2) is 35.7 Å². The zero-order valence-corrected chi connectivity index (χ0v) is 12.6. The predicted octanol–water partition coefficient (Wildman–Crippen LogP) is 0.365. The van der Waals surface area contributed by atoms with Crippen molar-refractivity contribution in [2.24, 2.45) is 11.5 Å². The lowest BCUT2D eigenvalue weighted by molar-refractivity contribution is -0.134. The fourth-order valence-electron chi connectivity index (χ4n) is 1.95. The summed E-state index contributed by atoms with van der Waals surface area (Å²) in [6, 6.07) is 9.90. The fraction of sp³-hybridized carbons (Fsp3) is 0.312. The van der Waals surface area contributed by atoms with E-state index in [-0.39, 0.29) is 13.1 Å². The first-order valence-electron chi connectivity index (χ1n) is 6.95. The highest BCUT2D eigenvalue weighted by Gasteiger charge is 2.16. The molecule has 0 atom stereocenters. The van der Waals surface area contributed by atoms with Gasteiger partial charge in [0.2, 0.25) is 17.7 Å². The second kappa shape index (κ2) is 8.61. The van der Waals surface area contributed by atoms with Crippen LogP contribution in [0.2, 0.25) is 0 Å². The van der Waals surface area contributed by atoms with Crippen molar-refractivity contribution >= 4 is 17.7 Å². The molecular formula is C16H21N3O3. The number of primary amides is 2. The topological polar surface area (TPSA) is 106 Å². The monoisotopic (exact) mass is 303 g/mol. The standard InChI is InChI=1S/C16H21N3O3/c1-12(7-8-13-5-3-2-4-6-13)9-16(22)19(10-14(17)20)11-15(18)21/h2-6,9H,7-8,10-11H2,1H3,(H2,17,20)(H2,18,21). The lowest BCUT2D eigenvalue weighted by atomic mass is 10.1. The molecule has 6 nitrogen and oxygen atoms in total. The van der Waals surface area contributed by atoms with Gasteiger partial charge in [-0.25, -0.2) is 0 Å². The van der Waals surface area contributed by atoms with Gasteiger partial charge in [-0.3, -0.25) is 14.4 Å². The van der Waals surface area contributed by atoms with Gasteiger partial charge in [0.1, 0.15) is 13.1 Å². The summed E-state index contributed by atoms with van der Waals surface area (Å²) < 4.78 is 0. The van der Waals surface area contributed by atoms with Crippen molar-refractivity contribution < 1.29 is 14.4 Å². The Labute approximate surface area is 129 Å². The SMILES string of the molecule is CC(=CC(=O)N(CC(N)=O)CC(N)=O)CCc1ccccc1. The zero-order valence-electron chi connectivity index (χ0n) is 12.6. The van der Waals surface area contributed by atoms with Gasteiger partial charge < -0.3 is 16.4 Å². The predicted molar refractivity (Wildman–Crippen MR) is 83.5 cm³/mol. The first kappa shape index (κ1) is 17.4. The Kier molecular flexibility index (Phi) is 6.82. The Balaban J connectivity index is 2.64. The minimum atomic E-state index is -0.690. The maximum Gasteiger partial charge on any atom is 0.247 e.